The fraction of sp³-hybridized carbons (Fsp3) is 0.421. The molecule has 0 unspecified atom stereocenters. The van der Waals surface area contributed by atoms with Crippen LogP contribution < -0.4 is 0 Å². The lowest BCUT2D eigenvalue weighted by atomic mass is 10.1. The van der Waals surface area contributed by atoms with Gasteiger partial charge in [-0.25, -0.2) is 4.39 Å². The van der Waals surface area contributed by atoms with Gasteiger partial charge in [0, 0.05) is 37.7 Å². The summed E-state index contributed by atoms with van der Waals surface area (Å²) in [5.74, 6) is -0.0706. The Hall–Kier alpha value is -2.70. The minimum Gasteiger partial charge on any atom is -0.337 e. The maximum absolute atomic E-state index is 13.0. The molecular formula is C19H21FN4O2. The van der Waals surface area contributed by atoms with E-state index in [0.717, 1.165) is 25.0 Å². The lowest BCUT2D eigenvalue weighted by Crippen LogP contribution is -2.37. The molecule has 0 spiro atoms. The number of amides is 2. The molecule has 1 aromatic carbocycles. The molecule has 4 rings (SSSR count). The van der Waals surface area contributed by atoms with Gasteiger partial charge in [-0.3, -0.25) is 14.7 Å². The summed E-state index contributed by atoms with van der Waals surface area (Å²) in [4.78, 5) is 29.0. The van der Waals surface area contributed by atoms with Crippen molar-refractivity contribution < 1.29 is 14.0 Å². The van der Waals surface area contributed by atoms with Gasteiger partial charge in [-0.15, -0.1) is 0 Å². The number of halogens is 1. The number of nitrogens with zero attached hydrogens (tertiary/aromatic N) is 3. The molecule has 0 bridgehead atoms. The van der Waals surface area contributed by atoms with Crippen LogP contribution in [-0.4, -0.2) is 58.0 Å². The Kier molecular flexibility index (Phi) is 4.44. The molecule has 7 heteroatoms. The summed E-state index contributed by atoms with van der Waals surface area (Å²) in [6, 6.07) is 5.58. The Labute approximate surface area is 151 Å². The van der Waals surface area contributed by atoms with Crippen molar-refractivity contribution in [3.05, 3.63) is 53.1 Å². The molecule has 2 heterocycles. The van der Waals surface area contributed by atoms with Gasteiger partial charge in [0.2, 0.25) is 0 Å². The monoisotopic (exact) mass is 356 g/mol. The van der Waals surface area contributed by atoms with Crippen LogP contribution in [-0.2, 0) is 0 Å². The van der Waals surface area contributed by atoms with Crippen LogP contribution in [0.3, 0.4) is 0 Å². The van der Waals surface area contributed by atoms with Gasteiger partial charge < -0.3 is 9.80 Å². The molecule has 1 aliphatic carbocycles. The summed E-state index contributed by atoms with van der Waals surface area (Å²) in [7, 11) is 0. The van der Waals surface area contributed by atoms with Gasteiger partial charge in [-0.2, -0.15) is 5.10 Å². The van der Waals surface area contributed by atoms with E-state index in [1.165, 1.54) is 24.3 Å². The quantitative estimate of drug-likeness (QED) is 0.918. The largest absolute Gasteiger partial charge is 0.337 e. The molecule has 1 aliphatic heterocycles. The zero-order valence-electron chi connectivity index (χ0n) is 14.4. The first kappa shape index (κ1) is 16.8. The highest BCUT2D eigenvalue weighted by Gasteiger charge is 2.32. The molecular weight excluding hydrogens is 335 g/mol. The second-order valence-electron chi connectivity index (χ2n) is 6.92. The summed E-state index contributed by atoms with van der Waals surface area (Å²) in [6.07, 6.45) is 4.53. The lowest BCUT2D eigenvalue weighted by molar-refractivity contribution is 0.0718. The van der Waals surface area contributed by atoms with Crippen LogP contribution in [0.25, 0.3) is 0 Å². The van der Waals surface area contributed by atoms with Gasteiger partial charge in [-0.1, -0.05) is 0 Å². The van der Waals surface area contributed by atoms with E-state index in [1.807, 2.05) is 0 Å². The van der Waals surface area contributed by atoms with E-state index in [4.69, 9.17) is 0 Å². The summed E-state index contributed by atoms with van der Waals surface area (Å²) >= 11 is 0. The fourth-order valence-electron chi connectivity index (χ4n) is 3.42. The van der Waals surface area contributed by atoms with Crippen molar-refractivity contribution in [3.63, 3.8) is 0 Å². The van der Waals surface area contributed by atoms with Crippen molar-refractivity contribution in [2.75, 3.05) is 26.2 Å². The van der Waals surface area contributed by atoms with Crippen LogP contribution in [0.2, 0.25) is 0 Å². The number of hydrogen-bond donors (Lipinski definition) is 1. The molecule has 6 nitrogen and oxygen atoms in total. The molecule has 1 saturated carbocycles. The first-order chi connectivity index (χ1) is 12.6. The highest BCUT2D eigenvalue weighted by Crippen LogP contribution is 2.40. The first-order valence-electron chi connectivity index (χ1n) is 9.01. The van der Waals surface area contributed by atoms with Gasteiger partial charge in [0.1, 0.15) is 5.82 Å². The van der Waals surface area contributed by atoms with E-state index in [0.29, 0.717) is 43.2 Å². The second-order valence-corrected chi connectivity index (χ2v) is 6.92. The van der Waals surface area contributed by atoms with E-state index in [1.54, 1.807) is 16.0 Å². The fourth-order valence-corrected chi connectivity index (χ4v) is 3.42. The third-order valence-electron chi connectivity index (χ3n) is 5.05. The van der Waals surface area contributed by atoms with E-state index >= 15 is 0 Å². The smallest absolute Gasteiger partial charge is 0.257 e. The van der Waals surface area contributed by atoms with E-state index in [2.05, 4.69) is 10.2 Å². The molecule has 1 aromatic heterocycles. The van der Waals surface area contributed by atoms with Crippen LogP contribution >= 0.6 is 0 Å². The number of carbonyl (C=O) groups is 2. The van der Waals surface area contributed by atoms with E-state index < -0.39 is 0 Å². The highest BCUT2D eigenvalue weighted by molar-refractivity contribution is 5.96. The Balaban J connectivity index is 1.43. The van der Waals surface area contributed by atoms with Gasteiger partial charge in [0.15, 0.2) is 0 Å². The average Bonchev–Trinajstić information content (AvgIpc) is 3.43. The standard InChI is InChI=1S/C19H21FN4O2/c20-15-6-4-14(5-7-15)18(25)23-8-1-9-24(11-10-23)19(26)16-12-21-22-17(16)13-2-3-13/h4-7,12-13H,1-3,8-11H2,(H,21,22). The van der Waals surface area contributed by atoms with Gasteiger partial charge in [0.25, 0.3) is 11.8 Å². The maximum atomic E-state index is 13.0. The Bertz CT molecular complexity index is 813. The molecule has 1 saturated heterocycles. The number of carbonyl (C=O) groups excluding carboxylic acids is 2. The number of hydrogen-bond acceptors (Lipinski definition) is 3. The minimum atomic E-state index is -0.360. The normalized spacial score (nSPS) is 17.9. The Morgan fingerprint density at radius 2 is 1.65 bits per heavy atom. The molecule has 2 aliphatic rings. The topological polar surface area (TPSA) is 69.3 Å². The minimum absolute atomic E-state index is 0.0169. The van der Waals surface area contributed by atoms with Crippen LogP contribution in [0.1, 0.15) is 51.6 Å². The summed E-state index contributed by atoms with van der Waals surface area (Å²) in [5, 5.41) is 7.01. The third-order valence-corrected chi connectivity index (χ3v) is 5.05. The molecule has 2 fully saturated rings. The number of aromatic amines is 1. The zero-order valence-corrected chi connectivity index (χ0v) is 14.4. The zero-order chi connectivity index (χ0) is 18.1. The molecule has 26 heavy (non-hydrogen) atoms. The maximum Gasteiger partial charge on any atom is 0.257 e. The SMILES string of the molecule is O=C(c1ccc(F)cc1)N1CCCN(C(=O)c2cn[nH]c2C2CC2)CC1. The number of nitrogens with one attached hydrogen (secondary N) is 1. The second kappa shape index (κ2) is 6.90. The van der Waals surface area contributed by atoms with Crippen molar-refractivity contribution >= 4 is 11.8 Å². The Morgan fingerprint density at radius 1 is 1.00 bits per heavy atom. The van der Waals surface area contributed by atoms with Gasteiger partial charge >= 0.3 is 0 Å². The van der Waals surface area contributed by atoms with E-state index in [-0.39, 0.29) is 17.6 Å². The summed E-state index contributed by atoms with van der Waals surface area (Å²) < 4.78 is 13.0. The van der Waals surface area contributed by atoms with Crippen molar-refractivity contribution in [2.45, 2.75) is 25.2 Å². The van der Waals surface area contributed by atoms with Gasteiger partial charge in [-0.05, 0) is 43.5 Å². The summed E-state index contributed by atoms with van der Waals surface area (Å²) in [6.45, 7) is 2.15. The molecule has 0 atom stereocenters. The van der Waals surface area contributed by atoms with Gasteiger partial charge in [0.05, 0.1) is 17.5 Å². The molecule has 1 N–H and O–H groups in total. The number of benzene rings is 1. The number of aromatic nitrogens is 2. The van der Waals surface area contributed by atoms with Crippen molar-refractivity contribution in [3.8, 4) is 0 Å². The summed E-state index contributed by atoms with van der Waals surface area (Å²) in [5.41, 5.74) is 2.07. The molecule has 136 valence electrons. The van der Waals surface area contributed by atoms with Crippen molar-refractivity contribution in [1.82, 2.24) is 20.0 Å². The van der Waals surface area contributed by atoms with Crippen LogP contribution in [0, 0.1) is 5.82 Å². The number of H-pyrrole nitrogens is 1. The van der Waals surface area contributed by atoms with Crippen molar-refractivity contribution in [2.24, 2.45) is 0 Å². The Morgan fingerprint density at radius 3 is 2.31 bits per heavy atom. The predicted molar refractivity (Wildman–Crippen MR) is 93.4 cm³/mol. The highest BCUT2D eigenvalue weighted by atomic mass is 19.1. The first-order valence-corrected chi connectivity index (χ1v) is 9.01. The lowest BCUT2D eigenvalue weighted by Gasteiger charge is -2.22. The number of rotatable bonds is 3. The predicted octanol–water partition coefficient (Wildman–Crippen LogP) is 2.41. The van der Waals surface area contributed by atoms with E-state index in [9.17, 15) is 14.0 Å². The third kappa shape index (κ3) is 3.34. The van der Waals surface area contributed by atoms with Crippen LogP contribution in [0.15, 0.2) is 30.5 Å². The van der Waals surface area contributed by atoms with Crippen LogP contribution in [0.5, 0.6) is 0 Å². The van der Waals surface area contributed by atoms with Crippen molar-refractivity contribution in [1.29, 1.82) is 0 Å². The average molecular weight is 356 g/mol. The van der Waals surface area contributed by atoms with Crippen LogP contribution in [0.4, 0.5) is 4.39 Å². The molecule has 0 radical (unpaired) electrons. The molecule has 2 amide bonds. The molecule has 2 aromatic rings.